The summed E-state index contributed by atoms with van der Waals surface area (Å²) in [6.45, 7) is 2.63. The molecule has 0 spiro atoms. The highest BCUT2D eigenvalue weighted by Crippen LogP contribution is 2.29. The Balaban J connectivity index is 1.80. The van der Waals surface area contributed by atoms with Crippen molar-refractivity contribution in [3.05, 3.63) is 29.8 Å². The SMILES string of the molecule is CCC1CCCC(OCC(O)c2ccc(OC)cc2)C1. The van der Waals surface area contributed by atoms with Crippen LogP contribution in [0.25, 0.3) is 0 Å². The number of methoxy groups -OCH3 is 1. The van der Waals surface area contributed by atoms with Crippen molar-refractivity contribution in [1.82, 2.24) is 0 Å². The molecule has 3 unspecified atom stereocenters. The fraction of sp³-hybridized carbons (Fsp3) is 0.647. The summed E-state index contributed by atoms with van der Waals surface area (Å²) in [6, 6.07) is 7.52. The fourth-order valence-corrected chi connectivity index (χ4v) is 2.91. The summed E-state index contributed by atoms with van der Waals surface area (Å²) in [6.07, 6.45) is 5.86. The van der Waals surface area contributed by atoms with Crippen molar-refractivity contribution in [3.63, 3.8) is 0 Å². The molecule has 1 aromatic rings. The monoisotopic (exact) mass is 278 g/mol. The third-order valence-electron chi connectivity index (χ3n) is 4.30. The quantitative estimate of drug-likeness (QED) is 0.862. The fourth-order valence-electron chi connectivity index (χ4n) is 2.91. The highest BCUT2D eigenvalue weighted by molar-refractivity contribution is 5.28. The van der Waals surface area contributed by atoms with Crippen LogP contribution in [0.3, 0.4) is 0 Å². The molecule has 0 heterocycles. The molecule has 0 saturated heterocycles. The van der Waals surface area contributed by atoms with E-state index in [4.69, 9.17) is 9.47 Å². The maximum atomic E-state index is 10.2. The Bertz CT molecular complexity index is 388. The maximum absolute atomic E-state index is 10.2. The van der Waals surface area contributed by atoms with Crippen LogP contribution in [0, 0.1) is 5.92 Å². The zero-order valence-corrected chi connectivity index (χ0v) is 12.5. The zero-order chi connectivity index (χ0) is 14.4. The summed E-state index contributed by atoms with van der Waals surface area (Å²) in [7, 11) is 1.64. The molecular weight excluding hydrogens is 252 g/mol. The van der Waals surface area contributed by atoms with Crippen molar-refractivity contribution in [3.8, 4) is 5.75 Å². The molecule has 20 heavy (non-hydrogen) atoms. The van der Waals surface area contributed by atoms with Crippen LogP contribution in [0.5, 0.6) is 5.75 Å². The van der Waals surface area contributed by atoms with Gasteiger partial charge in [-0.2, -0.15) is 0 Å². The summed E-state index contributed by atoms with van der Waals surface area (Å²) < 4.78 is 11.0. The molecule has 0 aliphatic heterocycles. The number of aliphatic hydroxyl groups excluding tert-OH is 1. The van der Waals surface area contributed by atoms with E-state index in [2.05, 4.69) is 6.92 Å². The summed E-state index contributed by atoms with van der Waals surface area (Å²) in [5.74, 6) is 1.60. The van der Waals surface area contributed by atoms with E-state index in [0.29, 0.717) is 12.7 Å². The molecule has 112 valence electrons. The molecule has 0 radical (unpaired) electrons. The Morgan fingerprint density at radius 2 is 2.00 bits per heavy atom. The number of rotatable bonds is 6. The van der Waals surface area contributed by atoms with Gasteiger partial charge in [-0.15, -0.1) is 0 Å². The number of ether oxygens (including phenoxy) is 2. The first-order valence-electron chi connectivity index (χ1n) is 7.66. The Morgan fingerprint density at radius 3 is 2.65 bits per heavy atom. The normalized spacial score (nSPS) is 24.4. The molecule has 0 bridgehead atoms. The second-order valence-corrected chi connectivity index (χ2v) is 5.69. The van der Waals surface area contributed by atoms with Gasteiger partial charge in [0.05, 0.1) is 19.8 Å². The Hall–Kier alpha value is -1.06. The first-order valence-corrected chi connectivity index (χ1v) is 7.66. The first-order chi connectivity index (χ1) is 9.72. The minimum absolute atomic E-state index is 0.321. The lowest BCUT2D eigenvalue weighted by molar-refractivity contribution is -0.0339. The smallest absolute Gasteiger partial charge is 0.118 e. The summed E-state index contributed by atoms with van der Waals surface area (Å²) in [5, 5.41) is 10.2. The van der Waals surface area contributed by atoms with E-state index in [1.165, 1.54) is 19.3 Å². The van der Waals surface area contributed by atoms with Gasteiger partial charge in [0.25, 0.3) is 0 Å². The summed E-state index contributed by atoms with van der Waals surface area (Å²) >= 11 is 0. The van der Waals surface area contributed by atoms with Crippen LogP contribution < -0.4 is 4.74 Å². The van der Waals surface area contributed by atoms with Gasteiger partial charge in [-0.3, -0.25) is 0 Å². The van der Waals surface area contributed by atoms with Crippen molar-refractivity contribution in [2.75, 3.05) is 13.7 Å². The lowest BCUT2D eigenvalue weighted by Crippen LogP contribution is -2.24. The van der Waals surface area contributed by atoms with Crippen molar-refractivity contribution in [2.45, 2.75) is 51.2 Å². The Morgan fingerprint density at radius 1 is 1.25 bits per heavy atom. The van der Waals surface area contributed by atoms with E-state index in [9.17, 15) is 5.11 Å². The zero-order valence-electron chi connectivity index (χ0n) is 12.5. The number of aliphatic hydroxyl groups is 1. The maximum Gasteiger partial charge on any atom is 0.118 e. The third-order valence-corrected chi connectivity index (χ3v) is 4.30. The molecule has 3 atom stereocenters. The number of hydrogen-bond donors (Lipinski definition) is 1. The Labute approximate surface area is 121 Å². The van der Waals surface area contributed by atoms with Crippen molar-refractivity contribution >= 4 is 0 Å². The molecule has 0 aromatic heterocycles. The van der Waals surface area contributed by atoms with E-state index in [1.54, 1.807) is 7.11 Å². The molecule has 3 nitrogen and oxygen atoms in total. The van der Waals surface area contributed by atoms with Crippen LogP contribution >= 0.6 is 0 Å². The van der Waals surface area contributed by atoms with Crippen molar-refractivity contribution in [1.29, 1.82) is 0 Å². The van der Waals surface area contributed by atoms with Gasteiger partial charge in [-0.1, -0.05) is 38.3 Å². The van der Waals surface area contributed by atoms with Gasteiger partial charge in [0, 0.05) is 0 Å². The van der Waals surface area contributed by atoms with Crippen LogP contribution in [0.15, 0.2) is 24.3 Å². The standard InChI is InChI=1S/C17H26O3/c1-3-13-5-4-6-16(11-13)20-12-17(18)14-7-9-15(19-2)10-8-14/h7-10,13,16-18H,3-6,11-12H2,1-2H3. The van der Waals surface area contributed by atoms with Crippen LogP contribution in [0.4, 0.5) is 0 Å². The predicted molar refractivity (Wildman–Crippen MR) is 79.9 cm³/mol. The van der Waals surface area contributed by atoms with Gasteiger partial charge < -0.3 is 14.6 Å². The highest BCUT2D eigenvalue weighted by Gasteiger charge is 2.22. The molecule has 1 N–H and O–H groups in total. The lowest BCUT2D eigenvalue weighted by Gasteiger charge is -2.29. The molecular formula is C17H26O3. The van der Waals surface area contributed by atoms with Gasteiger partial charge in [-0.05, 0) is 36.5 Å². The summed E-state index contributed by atoms with van der Waals surface area (Å²) in [5.41, 5.74) is 0.883. The topological polar surface area (TPSA) is 38.7 Å². The van der Waals surface area contributed by atoms with Gasteiger partial charge in [0.2, 0.25) is 0 Å². The van der Waals surface area contributed by atoms with Crippen LogP contribution in [-0.4, -0.2) is 24.9 Å². The molecule has 1 aliphatic carbocycles. The Kier molecular flexibility index (Phi) is 5.86. The molecule has 0 amide bonds. The lowest BCUT2D eigenvalue weighted by atomic mass is 9.85. The minimum Gasteiger partial charge on any atom is -0.497 e. The molecule has 2 rings (SSSR count). The number of benzene rings is 1. The van der Waals surface area contributed by atoms with Crippen molar-refractivity contribution < 1.29 is 14.6 Å². The molecule has 1 fully saturated rings. The average Bonchev–Trinajstić information content (AvgIpc) is 2.53. The average molecular weight is 278 g/mol. The molecule has 1 saturated carbocycles. The van der Waals surface area contributed by atoms with E-state index in [1.807, 2.05) is 24.3 Å². The van der Waals surface area contributed by atoms with E-state index in [-0.39, 0.29) is 0 Å². The van der Waals surface area contributed by atoms with Gasteiger partial charge in [0.15, 0.2) is 0 Å². The van der Waals surface area contributed by atoms with Crippen LogP contribution in [0.2, 0.25) is 0 Å². The van der Waals surface area contributed by atoms with Crippen LogP contribution in [0.1, 0.15) is 50.7 Å². The van der Waals surface area contributed by atoms with Crippen molar-refractivity contribution in [2.24, 2.45) is 5.92 Å². The minimum atomic E-state index is -0.553. The van der Waals surface area contributed by atoms with Gasteiger partial charge in [-0.25, -0.2) is 0 Å². The third kappa shape index (κ3) is 4.22. The molecule has 1 aliphatic rings. The molecule has 1 aromatic carbocycles. The summed E-state index contributed by atoms with van der Waals surface area (Å²) in [4.78, 5) is 0. The second kappa shape index (κ2) is 7.65. The molecule has 3 heteroatoms. The highest BCUT2D eigenvalue weighted by atomic mass is 16.5. The number of hydrogen-bond acceptors (Lipinski definition) is 3. The largest absolute Gasteiger partial charge is 0.497 e. The predicted octanol–water partition coefficient (Wildman–Crippen LogP) is 3.71. The van der Waals surface area contributed by atoms with Gasteiger partial charge in [0.1, 0.15) is 11.9 Å². The van der Waals surface area contributed by atoms with E-state index >= 15 is 0 Å². The van der Waals surface area contributed by atoms with E-state index in [0.717, 1.165) is 30.1 Å². The van der Waals surface area contributed by atoms with Gasteiger partial charge >= 0.3 is 0 Å². The first kappa shape index (κ1) is 15.3. The second-order valence-electron chi connectivity index (χ2n) is 5.69. The van der Waals surface area contributed by atoms with E-state index < -0.39 is 6.10 Å². The van der Waals surface area contributed by atoms with Crippen LogP contribution in [-0.2, 0) is 4.74 Å².